The maximum absolute atomic E-state index is 4.14. The third kappa shape index (κ3) is 3.06. The molecule has 2 nitrogen and oxygen atoms in total. The molecule has 17 heavy (non-hydrogen) atoms. The lowest BCUT2D eigenvalue weighted by atomic mass is 10.1. The van der Waals surface area contributed by atoms with Gasteiger partial charge in [-0.2, -0.15) is 0 Å². The third-order valence-electron chi connectivity index (χ3n) is 2.90. The van der Waals surface area contributed by atoms with E-state index < -0.39 is 0 Å². The van der Waals surface area contributed by atoms with Gasteiger partial charge in [-0.3, -0.25) is 4.98 Å². The summed E-state index contributed by atoms with van der Waals surface area (Å²) >= 11 is 0. The molecule has 0 amide bonds. The summed E-state index contributed by atoms with van der Waals surface area (Å²) in [6, 6.07) is 12.9. The van der Waals surface area contributed by atoms with Crippen molar-refractivity contribution in [1.82, 2.24) is 4.98 Å². The SMILES string of the molecule is CCc1cccc(NC(C)c2cccnc2)c1. The first-order chi connectivity index (χ1) is 8.29. The van der Waals surface area contributed by atoms with Crippen LogP contribution in [0.2, 0.25) is 0 Å². The van der Waals surface area contributed by atoms with Crippen molar-refractivity contribution in [3.8, 4) is 0 Å². The first-order valence-electron chi connectivity index (χ1n) is 6.05. The predicted octanol–water partition coefficient (Wildman–Crippen LogP) is 3.82. The zero-order valence-electron chi connectivity index (χ0n) is 10.4. The highest BCUT2D eigenvalue weighted by Gasteiger charge is 2.04. The molecule has 0 saturated heterocycles. The van der Waals surface area contributed by atoms with Gasteiger partial charge in [-0.1, -0.05) is 25.1 Å². The molecule has 0 fully saturated rings. The predicted molar refractivity (Wildman–Crippen MR) is 72.1 cm³/mol. The van der Waals surface area contributed by atoms with Crippen molar-refractivity contribution < 1.29 is 0 Å². The molecule has 1 N–H and O–H groups in total. The van der Waals surface area contributed by atoms with E-state index in [4.69, 9.17) is 0 Å². The molecule has 1 unspecified atom stereocenters. The first kappa shape index (κ1) is 11.6. The van der Waals surface area contributed by atoms with E-state index in [9.17, 15) is 0 Å². The Morgan fingerprint density at radius 3 is 2.82 bits per heavy atom. The van der Waals surface area contributed by atoms with Crippen molar-refractivity contribution in [2.24, 2.45) is 0 Å². The summed E-state index contributed by atoms with van der Waals surface area (Å²) in [6.45, 7) is 4.32. The van der Waals surface area contributed by atoms with Gasteiger partial charge in [0.25, 0.3) is 0 Å². The molecule has 0 radical (unpaired) electrons. The van der Waals surface area contributed by atoms with Gasteiger partial charge in [0.2, 0.25) is 0 Å². The topological polar surface area (TPSA) is 24.9 Å². The zero-order chi connectivity index (χ0) is 12.1. The molecule has 0 spiro atoms. The van der Waals surface area contributed by atoms with E-state index in [1.165, 1.54) is 16.8 Å². The lowest BCUT2D eigenvalue weighted by Gasteiger charge is -2.15. The molecular weight excluding hydrogens is 208 g/mol. The Morgan fingerprint density at radius 1 is 1.24 bits per heavy atom. The lowest BCUT2D eigenvalue weighted by molar-refractivity contribution is 0.875. The second-order valence-corrected chi connectivity index (χ2v) is 4.21. The summed E-state index contributed by atoms with van der Waals surface area (Å²) in [7, 11) is 0. The van der Waals surface area contributed by atoms with E-state index in [2.05, 4.69) is 54.5 Å². The van der Waals surface area contributed by atoms with Crippen molar-refractivity contribution in [3.63, 3.8) is 0 Å². The number of hydrogen-bond acceptors (Lipinski definition) is 2. The Labute approximate surface area is 103 Å². The zero-order valence-corrected chi connectivity index (χ0v) is 10.4. The number of aryl methyl sites for hydroxylation is 1. The van der Waals surface area contributed by atoms with Crippen LogP contribution in [0.3, 0.4) is 0 Å². The quantitative estimate of drug-likeness (QED) is 0.857. The Hall–Kier alpha value is -1.83. The number of benzene rings is 1. The molecule has 0 aliphatic carbocycles. The molecule has 0 saturated carbocycles. The minimum absolute atomic E-state index is 0.274. The fourth-order valence-electron chi connectivity index (χ4n) is 1.85. The summed E-state index contributed by atoms with van der Waals surface area (Å²) in [6.07, 6.45) is 4.77. The second kappa shape index (κ2) is 5.48. The molecule has 88 valence electrons. The minimum Gasteiger partial charge on any atom is -0.378 e. The van der Waals surface area contributed by atoms with Crippen LogP contribution in [0.5, 0.6) is 0 Å². The van der Waals surface area contributed by atoms with Crippen LogP contribution in [-0.4, -0.2) is 4.98 Å². The molecule has 1 aromatic carbocycles. The van der Waals surface area contributed by atoms with Crippen molar-refractivity contribution in [2.75, 3.05) is 5.32 Å². The van der Waals surface area contributed by atoms with Crippen LogP contribution in [0.15, 0.2) is 48.8 Å². The van der Waals surface area contributed by atoms with Gasteiger partial charge in [-0.05, 0) is 42.7 Å². The van der Waals surface area contributed by atoms with Crippen LogP contribution >= 0.6 is 0 Å². The highest BCUT2D eigenvalue weighted by molar-refractivity contribution is 5.47. The number of pyridine rings is 1. The van der Waals surface area contributed by atoms with Crippen molar-refractivity contribution >= 4 is 5.69 Å². The Kier molecular flexibility index (Phi) is 3.76. The number of anilines is 1. The van der Waals surface area contributed by atoms with Crippen LogP contribution in [0.25, 0.3) is 0 Å². The number of rotatable bonds is 4. The lowest BCUT2D eigenvalue weighted by Crippen LogP contribution is -2.06. The summed E-state index contributed by atoms with van der Waals surface area (Å²) in [5.41, 5.74) is 3.73. The molecule has 0 bridgehead atoms. The van der Waals surface area contributed by atoms with E-state index in [1.807, 2.05) is 12.3 Å². The van der Waals surface area contributed by atoms with Gasteiger partial charge in [-0.15, -0.1) is 0 Å². The average molecular weight is 226 g/mol. The summed E-state index contributed by atoms with van der Waals surface area (Å²) < 4.78 is 0. The number of nitrogens with one attached hydrogen (secondary N) is 1. The van der Waals surface area contributed by atoms with Gasteiger partial charge in [-0.25, -0.2) is 0 Å². The normalized spacial score (nSPS) is 12.1. The van der Waals surface area contributed by atoms with Crippen molar-refractivity contribution in [3.05, 3.63) is 59.9 Å². The molecule has 2 aromatic rings. The number of aromatic nitrogens is 1. The molecule has 1 heterocycles. The van der Waals surface area contributed by atoms with Gasteiger partial charge in [0, 0.05) is 18.1 Å². The van der Waals surface area contributed by atoms with Crippen LogP contribution in [0, 0.1) is 0 Å². The van der Waals surface area contributed by atoms with Gasteiger partial charge in [0.1, 0.15) is 0 Å². The molecule has 0 aliphatic rings. The van der Waals surface area contributed by atoms with E-state index in [1.54, 1.807) is 6.20 Å². The van der Waals surface area contributed by atoms with E-state index in [0.29, 0.717) is 0 Å². The van der Waals surface area contributed by atoms with Crippen LogP contribution < -0.4 is 5.32 Å². The third-order valence-corrected chi connectivity index (χ3v) is 2.90. The molecule has 1 atom stereocenters. The highest BCUT2D eigenvalue weighted by Crippen LogP contribution is 2.19. The number of hydrogen-bond donors (Lipinski definition) is 1. The number of nitrogens with zero attached hydrogens (tertiary/aromatic N) is 1. The van der Waals surface area contributed by atoms with Crippen LogP contribution in [0.4, 0.5) is 5.69 Å². The molecule has 0 aliphatic heterocycles. The molecule has 1 aromatic heterocycles. The average Bonchev–Trinajstić information content (AvgIpc) is 2.40. The monoisotopic (exact) mass is 226 g/mol. The Balaban J connectivity index is 2.10. The second-order valence-electron chi connectivity index (χ2n) is 4.21. The molecular formula is C15H18N2. The Morgan fingerprint density at radius 2 is 2.12 bits per heavy atom. The van der Waals surface area contributed by atoms with Crippen LogP contribution in [0.1, 0.15) is 31.0 Å². The maximum atomic E-state index is 4.14. The van der Waals surface area contributed by atoms with Crippen LogP contribution in [-0.2, 0) is 6.42 Å². The first-order valence-corrected chi connectivity index (χ1v) is 6.05. The van der Waals surface area contributed by atoms with Crippen molar-refractivity contribution in [2.45, 2.75) is 26.3 Å². The van der Waals surface area contributed by atoms with Gasteiger partial charge in [0.05, 0.1) is 6.04 Å². The van der Waals surface area contributed by atoms with E-state index >= 15 is 0 Å². The summed E-state index contributed by atoms with van der Waals surface area (Å²) in [5, 5.41) is 3.49. The smallest absolute Gasteiger partial charge is 0.0500 e. The van der Waals surface area contributed by atoms with Gasteiger partial charge >= 0.3 is 0 Å². The van der Waals surface area contributed by atoms with E-state index in [0.717, 1.165) is 6.42 Å². The minimum atomic E-state index is 0.274. The molecule has 2 heteroatoms. The maximum Gasteiger partial charge on any atom is 0.0500 e. The molecule has 2 rings (SSSR count). The standard InChI is InChI=1S/C15H18N2/c1-3-13-6-4-8-15(10-13)17-12(2)14-7-5-9-16-11-14/h4-12,17H,3H2,1-2H3. The summed E-state index contributed by atoms with van der Waals surface area (Å²) in [5.74, 6) is 0. The van der Waals surface area contributed by atoms with Crippen molar-refractivity contribution in [1.29, 1.82) is 0 Å². The summed E-state index contributed by atoms with van der Waals surface area (Å²) in [4.78, 5) is 4.14. The largest absolute Gasteiger partial charge is 0.378 e. The van der Waals surface area contributed by atoms with Gasteiger partial charge < -0.3 is 5.32 Å². The fourth-order valence-corrected chi connectivity index (χ4v) is 1.85. The Bertz CT molecular complexity index is 465. The highest BCUT2D eigenvalue weighted by atomic mass is 14.9. The fraction of sp³-hybridized carbons (Fsp3) is 0.267. The van der Waals surface area contributed by atoms with E-state index in [-0.39, 0.29) is 6.04 Å². The van der Waals surface area contributed by atoms with Gasteiger partial charge in [0.15, 0.2) is 0 Å².